The van der Waals surface area contributed by atoms with Gasteiger partial charge in [-0.15, -0.1) is 11.3 Å². The summed E-state index contributed by atoms with van der Waals surface area (Å²) in [7, 11) is 0. The highest BCUT2D eigenvalue weighted by Crippen LogP contribution is 2.30. The number of halogens is 1. The third kappa shape index (κ3) is 3.47. The molecule has 0 spiro atoms. The molecule has 2 unspecified atom stereocenters. The van der Waals surface area contributed by atoms with Gasteiger partial charge in [-0.3, -0.25) is 4.90 Å². The normalized spacial score (nSPS) is 22.3. The summed E-state index contributed by atoms with van der Waals surface area (Å²) >= 11 is 7.70. The Labute approximate surface area is 119 Å². The molecule has 1 saturated heterocycles. The van der Waals surface area contributed by atoms with E-state index < -0.39 is 0 Å². The zero-order valence-electron chi connectivity index (χ0n) is 11.3. The molecule has 18 heavy (non-hydrogen) atoms. The van der Waals surface area contributed by atoms with Crippen molar-refractivity contribution in [3.05, 3.63) is 21.3 Å². The molecule has 1 aliphatic heterocycles. The van der Waals surface area contributed by atoms with Crippen molar-refractivity contribution in [2.75, 3.05) is 19.6 Å². The molecule has 0 aromatic carbocycles. The second-order valence-electron chi connectivity index (χ2n) is 5.10. The van der Waals surface area contributed by atoms with Gasteiger partial charge in [0.15, 0.2) is 0 Å². The van der Waals surface area contributed by atoms with Crippen molar-refractivity contribution in [2.24, 2.45) is 0 Å². The van der Waals surface area contributed by atoms with Gasteiger partial charge < -0.3 is 5.32 Å². The van der Waals surface area contributed by atoms with Crippen LogP contribution in [0.2, 0.25) is 4.34 Å². The lowest BCUT2D eigenvalue weighted by atomic mass is 10.0. The molecule has 0 bridgehead atoms. The van der Waals surface area contributed by atoms with Crippen LogP contribution in [0.3, 0.4) is 0 Å². The summed E-state index contributed by atoms with van der Waals surface area (Å²) in [6.07, 6.45) is 3.82. The molecule has 0 amide bonds. The molecule has 0 saturated carbocycles. The third-order valence-corrected chi connectivity index (χ3v) is 4.90. The van der Waals surface area contributed by atoms with Crippen LogP contribution in [0.25, 0.3) is 0 Å². The van der Waals surface area contributed by atoms with Gasteiger partial charge in [0.2, 0.25) is 0 Å². The lowest BCUT2D eigenvalue weighted by Crippen LogP contribution is -2.47. The molecule has 1 aliphatic rings. The van der Waals surface area contributed by atoms with E-state index >= 15 is 0 Å². The maximum absolute atomic E-state index is 6.06. The van der Waals surface area contributed by atoms with E-state index in [4.69, 9.17) is 11.6 Å². The topological polar surface area (TPSA) is 15.3 Å². The number of thiophene rings is 1. The highest BCUT2D eigenvalue weighted by atomic mass is 35.5. The van der Waals surface area contributed by atoms with Crippen molar-refractivity contribution in [2.45, 2.75) is 45.2 Å². The van der Waals surface area contributed by atoms with Gasteiger partial charge in [-0.25, -0.2) is 0 Å². The van der Waals surface area contributed by atoms with Crippen LogP contribution in [0.5, 0.6) is 0 Å². The molecule has 2 nitrogen and oxygen atoms in total. The molecular formula is C14H23ClN2S. The van der Waals surface area contributed by atoms with Crippen molar-refractivity contribution in [3.63, 3.8) is 0 Å². The third-order valence-electron chi connectivity index (χ3n) is 3.79. The molecule has 1 N–H and O–H groups in total. The molecule has 0 radical (unpaired) electrons. The number of hydrogen-bond donors (Lipinski definition) is 1. The molecule has 0 aliphatic carbocycles. The van der Waals surface area contributed by atoms with Crippen molar-refractivity contribution in [1.82, 2.24) is 10.2 Å². The zero-order valence-corrected chi connectivity index (χ0v) is 12.9. The number of nitrogens with one attached hydrogen (secondary N) is 1. The highest BCUT2D eigenvalue weighted by Gasteiger charge is 2.25. The van der Waals surface area contributed by atoms with E-state index in [0.29, 0.717) is 12.1 Å². The minimum Gasteiger partial charge on any atom is -0.315 e. The van der Waals surface area contributed by atoms with E-state index in [1.54, 1.807) is 11.3 Å². The van der Waals surface area contributed by atoms with Crippen molar-refractivity contribution >= 4 is 22.9 Å². The van der Waals surface area contributed by atoms with E-state index in [-0.39, 0.29) is 0 Å². The molecule has 2 heterocycles. The van der Waals surface area contributed by atoms with Gasteiger partial charge in [-0.05, 0) is 56.3 Å². The Bertz CT molecular complexity index is 360. The molecule has 1 fully saturated rings. The van der Waals surface area contributed by atoms with Gasteiger partial charge >= 0.3 is 0 Å². The predicted molar refractivity (Wildman–Crippen MR) is 80.6 cm³/mol. The Morgan fingerprint density at radius 2 is 2.44 bits per heavy atom. The summed E-state index contributed by atoms with van der Waals surface area (Å²) in [6.45, 7) is 8.04. The average molecular weight is 287 g/mol. The Hall–Kier alpha value is -0.0900. The number of piperidine rings is 1. The Morgan fingerprint density at radius 1 is 1.61 bits per heavy atom. The zero-order chi connectivity index (χ0) is 13.0. The fourth-order valence-electron chi connectivity index (χ4n) is 2.80. The second-order valence-corrected chi connectivity index (χ2v) is 6.64. The first-order valence-electron chi connectivity index (χ1n) is 6.92. The molecule has 1 aromatic rings. The van der Waals surface area contributed by atoms with Crippen molar-refractivity contribution < 1.29 is 0 Å². The fourth-order valence-corrected chi connectivity index (χ4v) is 3.78. The first kappa shape index (κ1) is 14.3. The van der Waals surface area contributed by atoms with E-state index in [2.05, 4.69) is 35.5 Å². The fraction of sp³-hybridized carbons (Fsp3) is 0.714. The smallest absolute Gasteiger partial charge is 0.0931 e. The van der Waals surface area contributed by atoms with Gasteiger partial charge in [-0.1, -0.05) is 18.5 Å². The van der Waals surface area contributed by atoms with Crippen LogP contribution in [0.15, 0.2) is 11.4 Å². The van der Waals surface area contributed by atoms with Gasteiger partial charge in [0.1, 0.15) is 0 Å². The van der Waals surface area contributed by atoms with Crippen LogP contribution in [0.1, 0.15) is 44.7 Å². The predicted octanol–water partition coefficient (Wildman–Crippen LogP) is 3.93. The maximum atomic E-state index is 6.06. The Kier molecular flexibility index (Phi) is 5.49. The summed E-state index contributed by atoms with van der Waals surface area (Å²) in [5.74, 6) is 0. The van der Waals surface area contributed by atoms with Crippen molar-refractivity contribution in [3.8, 4) is 0 Å². The second kappa shape index (κ2) is 6.90. The molecule has 102 valence electrons. The van der Waals surface area contributed by atoms with Crippen LogP contribution in [0, 0.1) is 0 Å². The molecule has 2 rings (SSSR count). The molecule has 4 heteroatoms. The van der Waals surface area contributed by atoms with E-state index in [0.717, 1.165) is 10.9 Å². The number of nitrogens with zero attached hydrogens (tertiary/aromatic N) is 1. The average Bonchev–Trinajstić information content (AvgIpc) is 2.83. The van der Waals surface area contributed by atoms with E-state index in [1.165, 1.54) is 37.9 Å². The summed E-state index contributed by atoms with van der Waals surface area (Å²) in [6, 6.07) is 3.27. The lowest BCUT2D eigenvalue weighted by Gasteiger charge is -2.38. The van der Waals surface area contributed by atoms with E-state index in [1.807, 2.05) is 0 Å². The molecule has 1 aromatic heterocycles. The van der Waals surface area contributed by atoms with Crippen LogP contribution in [0.4, 0.5) is 0 Å². The summed E-state index contributed by atoms with van der Waals surface area (Å²) in [4.78, 5) is 2.64. The van der Waals surface area contributed by atoms with Gasteiger partial charge in [0, 0.05) is 18.6 Å². The summed E-state index contributed by atoms with van der Waals surface area (Å²) in [5.41, 5.74) is 1.36. The molecule has 2 atom stereocenters. The van der Waals surface area contributed by atoms with Crippen LogP contribution >= 0.6 is 22.9 Å². The summed E-state index contributed by atoms with van der Waals surface area (Å²) < 4.78 is 0.898. The molecular weight excluding hydrogens is 264 g/mol. The van der Waals surface area contributed by atoms with E-state index in [9.17, 15) is 0 Å². The number of hydrogen-bond acceptors (Lipinski definition) is 3. The lowest BCUT2D eigenvalue weighted by molar-refractivity contribution is 0.121. The van der Waals surface area contributed by atoms with Crippen LogP contribution in [-0.2, 0) is 0 Å². The first-order valence-corrected chi connectivity index (χ1v) is 8.18. The standard InChI is InChI=1S/C14H23ClN2S/c1-3-7-17(13-5-4-6-16-9-13)11(2)12-8-14(15)18-10-12/h8,10-11,13,16H,3-7,9H2,1-2H3. The Morgan fingerprint density at radius 3 is 3.00 bits per heavy atom. The minimum atomic E-state index is 0.471. The first-order chi connectivity index (χ1) is 8.72. The van der Waals surface area contributed by atoms with Crippen LogP contribution in [-0.4, -0.2) is 30.6 Å². The van der Waals surface area contributed by atoms with Gasteiger partial charge in [-0.2, -0.15) is 0 Å². The quantitative estimate of drug-likeness (QED) is 0.882. The number of rotatable bonds is 5. The van der Waals surface area contributed by atoms with Crippen LogP contribution < -0.4 is 5.32 Å². The van der Waals surface area contributed by atoms with Crippen molar-refractivity contribution in [1.29, 1.82) is 0 Å². The summed E-state index contributed by atoms with van der Waals surface area (Å²) in [5, 5.41) is 5.72. The highest BCUT2D eigenvalue weighted by molar-refractivity contribution is 7.14. The Balaban J connectivity index is 2.08. The SMILES string of the molecule is CCCN(C1CCCNC1)C(C)c1csc(Cl)c1. The van der Waals surface area contributed by atoms with Gasteiger partial charge in [0.05, 0.1) is 4.34 Å². The largest absolute Gasteiger partial charge is 0.315 e. The minimum absolute atomic E-state index is 0.471. The maximum Gasteiger partial charge on any atom is 0.0931 e. The van der Waals surface area contributed by atoms with Gasteiger partial charge in [0.25, 0.3) is 0 Å². The monoisotopic (exact) mass is 286 g/mol.